The van der Waals surface area contributed by atoms with Crippen LogP contribution < -0.4 is 5.73 Å². The van der Waals surface area contributed by atoms with Crippen molar-refractivity contribution in [1.29, 1.82) is 0 Å². The smallest absolute Gasteiger partial charge is 0.129 e. The molecule has 21 heavy (non-hydrogen) atoms. The van der Waals surface area contributed by atoms with Gasteiger partial charge in [0, 0.05) is 12.5 Å². The summed E-state index contributed by atoms with van der Waals surface area (Å²) in [5.74, 6) is 1.54. The third kappa shape index (κ3) is 4.57. The Kier molecular flexibility index (Phi) is 5.40. The number of hydrogen-bond acceptors (Lipinski definition) is 3. The zero-order valence-corrected chi connectivity index (χ0v) is 13.5. The predicted molar refractivity (Wildman–Crippen MR) is 88.4 cm³/mol. The molecule has 0 aromatic heterocycles. The van der Waals surface area contributed by atoms with Gasteiger partial charge in [0.1, 0.15) is 6.61 Å². The fourth-order valence-electron chi connectivity index (χ4n) is 2.62. The number of nitrogens with zero attached hydrogens (tertiary/aromatic N) is 1. The number of hydrogen-bond donors (Lipinski definition) is 1. The van der Waals surface area contributed by atoms with Crippen LogP contribution in [0.4, 0.5) is 0 Å². The van der Waals surface area contributed by atoms with Crippen molar-refractivity contribution in [3.05, 3.63) is 41.3 Å². The van der Waals surface area contributed by atoms with E-state index in [4.69, 9.17) is 10.6 Å². The molecule has 0 spiro atoms. The normalized spacial score (nSPS) is 16.9. The Labute approximate surface area is 128 Å². The Morgan fingerprint density at radius 2 is 1.86 bits per heavy atom. The van der Waals surface area contributed by atoms with Gasteiger partial charge in [-0.1, -0.05) is 50.2 Å². The lowest BCUT2D eigenvalue weighted by atomic mass is 9.80. The molecule has 2 N–H and O–H groups in total. The minimum Gasteiger partial charge on any atom is -0.395 e. The molecule has 0 saturated heterocycles. The van der Waals surface area contributed by atoms with E-state index >= 15 is 0 Å². The maximum atomic E-state index is 5.39. The summed E-state index contributed by atoms with van der Waals surface area (Å²) in [5, 5.41) is 4.18. The first kappa shape index (κ1) is 16.0. The van der Waals surface area contributed by atoms with E-state index in [2.05, 4.69) is 50.2 Å². The third-order valence-corrected chi connectivity index (χ3v) is 3.97. The SMILES string of the molecule is CC(C)(C)c1cccc([C]2CCC(=NOCCN)CC2)c1. The Morgan fingerprint density at radius 3 is 2.48 bits per heavy atom. The predicted octanol–water partition coefficient (Wildman–Crippen LogP) is 3.81. The molecular weight excluding hydrogens is 260 g/mol. The molecule has 0 atom stereocenters. The molecule has 115 valence electrons. The lowest BCUT2D eigenvalue weighted by Gasteiger charge is -2.25. The summed E-state index contributed by atoms with van der Waals surface area (Å²) in [5.41, 5.74) is 9.56. The van der Waals surface area contributed by atoms with Crippen molar-refractivity contribution in [1.82, 2.24) is 0 Å². The first-order valence-electron chi connectivity index (χ1n) is 7.84. The fourth-order valence-corrected chi connectivity index (χ4v) is 2.62. The lowest BCUT2D eigenvalue weighted by molar-refractivity contribution is 0.150. The van der Waals surface area contributed by atoms with Gasteiger partial charge in [-0.15, -0.1) is 0 Å². The van der Waals surface area contributed by atoms with Gasteiger partial charge in [0.15, 0.2) is 0 Å². The highest BCUT2D eigenvalue weighted by Gasteiger charge is 2.22. The minimum absolute atomic E-state index is 0.202. The van der Waals surface area contributed by atoms with Crippen LogP contribution in [0.1, 0.15) is 57.6 Å². The van der Waals surface area contributed by atoms with Crippen LogP contribution in [0.25, 0.3) is 0 Å². The molecule has 1 radical (unpaired) electrons. The van der Waals surface area contributed by atoms with Gasteiger partial charge in [-0.25, -0.2) is 0 Å². The second kappa shape index (κ2) is 7.08. The largest absolute Gasteiger partial charge is 0.395 e. The molecule has 3 nitrogen and oxygen atoms in total. The number of benzene rings is 1. The maximum Gasteiger partial charge on any atom is 0.129 e. The third-order valence-electron chi connectivity index (χ3n) is 3.97. The summed E-state index contributed by atoms with van der Waals surface area (Å²) in [6, 6.07) is 8.98. The van der Waals surface area contributed by atoms with E-state index in [1.165, 1.54) is 16.8 Å². The first-order valence-corrected chi connectivity index (χ1v) is 7.84. The second-order valence-electron chi connectivity index (χ2n) is 6.71. The zero-order valence-electron chi connectivity index (χ0n) is 13.5. The highest BCUT2D eigenvalue weighted by molar-refractivity contribution is 5.85. The molecule has 1 aliphatic rings. The molecule has 2 rings (SSSR count). The first-order chi connectivity index (χ1) is 10.0. The summed E-state index contributed by atoms with van der Waals surface area (Å²) < 4.78 is 0. The van der Waals surface area contributed by atoms with Crippen molar-refractivity contribution in [3.8, 4) is 0 Å². The lowest BCUT2D eigenvalue weighted by Crippen LogP contribution is -2.16. The Morgan fingerprint density at radius 1 is 1.14 bits per heavy atom. The van der Waals surface area contributed by atoms with Gasteiger partial charge in [0.25, 0.3) is 0 Å². The fraction of sp³-hybridized carbons (Fsp3) is 0.556. The average molecular weight is 287 g/mol. The topological polar surface area (TPSA) is 47.6 Å². The van der Waals surface area contributed by atoms with Crippen molar-refractivity contribution >= 4 is 5.71 Å². The van der Waals surface area contributed by atoms with E-state index in [-0.39, 0.29) is 5.41 Å². The highest BCUT2D eigenvalue weighted by atomic mass is 16.6. The molecule has 0 heterocycles. The van der Waals surface area contributed by atoms with E-state index in [1.807, 2.05) is 0 Å². The van der Waals surface area contributed by atoms with Gasteiger partial charge in [0.05, 0.1) is 5.71 Å². The Balaban J connectivity index is 1.98. The highest BCUT2D eigenvalue weighted by Crippen LogP contribution is 2.33. The van der Waals surface area contributed by atoms with Gasteiger partial charge >= 0.3 is 0 Å². The molecule has 1 aromatic rings. The van der Waals surface area contributed by atoms with Crippen LogP contribution in [0.5, 0.6) is 0 Å². The summed E-state index contributed by atoms with van der Waals surface area (Å²) in [6.07, 6.45) is 4.16. The van der Waals surface area contributed by atoms with Crippen molar-refractivity contribution in [3.63, 3.8) is 0 Å². The molecule has 3 heteroatoms. The summed E-state index contributed by atoms with van der Waals surface area (Å²) in [7, 11) is 0. The molecule has 0 unspecified atom stereocenters. The average Bonchev–Trinajstić information content (AvgIpc) is 2.47. The number of nitrogens with two attached hydrogens (primary N) is 1. The van der Waals surface area contributed by atoms with Gasteiger partial charge in [-0.2, -0.15) is 0 Å². The molecule has 1 aromatic carbocycles. The van der Waals surface area contributed by atoms with Gasteiger partial charge in [-0.05, 0) is 42.2 Å². The minimum atomic E-state index is 0.202. The number of rotatable bonds is 4. The van der Waals surface area contributed by atoms with Crippen molar-refractivity contribution in [2.24, 2.45) is 10.9 Å². The molecular formula is C18H27N2O. The standard InChI is InChI=1S/C18H27N2O/c1-18(2,3)16-6-4-5-15(13-16)14-7-9-17(10-8-14)20-21-12-11-19/h4-6,13H,7-12,19H2,1-3H3. The van der Waals surface area contributed by atoms with E-state index in [1.54, 1.807) is 5.92 Å². The number of oxime groups is 1. The van der Waals surface area contributed by atoms with Gasteiger partial charge in [0.2, 0.25) is 0 Å². The van der Waals surface area contributed by atoms with Crippen molar-refractivity contribution in [2.45, 2.75) is 51.9 Å². The molecule has 1 fully saturated rings. The van der Waals surface area contributed by atoms with E-state index in [0.717, 1.165) is 25.7 Å². The molecule has 0 amide bonds. The quantitative estimate of drug-likeness (QED) is 0.676. The van der Waals surface area contributed by atoms with Gasteiger partial charge in [-0.3, -0.25) is 0 Å². The van der Waals surface area contributed by atoms with Crippen molar-refractivity contribution in [2.75, 3.05) is 13.2 Å². The van der Waals surface area contributed by atoms with E-state index in [9.17, 15) is 0 Å². The summed E-state index contributed by atoms with van der Waals surface area (Å²) in [6.45, 7) is 7.81. The van der Waals surface area contributed by atoms with Gasteiger partial charge < -0.3 is 10.6 Å². The van der Waals surface area contributed by atoms with Crippen LogP contribution in [-0.4, -0.2) is 18.9 Å². The maximum absolute atomic E-state index is 5.39. The Hall–Kier alpha value is -1.35. The molecule has 1 saturated carbocycles. The van der Waals surface area contributed by atoms with Crippen LogP contribution in [-0.2, 0) is 10.3 Å². The molecule has 0 aliphatic heterocycles. The van der Waals surface area contributed by atoms with Crippen LogP contribution in [0.3, 0.4) is 0 Å². The Bertz CT molecular complexity index is 478. The van der Waals surface area contributed by atoms with Crippen LogP contribution in [0.2, 0.25) is 0 Å². The van der Waals surface area contributed by atoms with Crippen molar-refractivity contribution < 1.29 is 4.84 Å². The van der Waals surface area contributed by atoms with Crippen LogP contribution >= 0.6 is 0 Å². The van der Waals surface area contributed by atoms with Crippen LogP contribution in [0.15, 0.2) is 29.4 Å². The van der Waals surface area contributed by atoms with Crippen LogP contribution in [0, 0.1) is 5.92 Å². The van der Waals surface area contributed by atoms with E-state index in [0.29, 0.717) is 13.2 Å². The van der Waals surface area contributed by atoms with E-state index < -0.39 is 0 Å². The second-order valence-corrected chi connectivity index (χ2v) is 6.71. The summed E-state index contributed by atoms with van der Waals surface area (Å²) >= 11 is 0. The summed E-state index contributed by atoms with van der Waals surface area (Å²) in [4.78, 5) is 5.18. The monoisotopic (exact) mass is 287 g/mol. The molecule has 0 bridgehead atoms. The molecule has 1 aliphatic carbocycles. The zero-order chi connectivity index (χ0) is 15.3.